The van der Waals surface area contributed by atoms with Crippen LogP contribution in [0.1, 0.15) is 78.1 Å². The molecule has 6 amide bonds. The summed E-state index contributed by atoms with van der Waals surface area (Å²) in [5, 5.41) is 28.6. The zero-order valence-electron chi connectivity index (χ0n) is 28.2. The topological polar surface area (TPSA) is 332 Å². The van der Waals surface area contributed by atoms with Gasteiger partial charge in [0.15, 0.2) is 0 Å². The van der Waals surface area contributed by atoms with Crippen LogP contribution in [0.4, 0.5) is 0 Å². The van der Waals surface area contributed by atoms with E-state index in [1.54, 1.807) is 13.8 Å². The number of amides is 6. The Bertz CT molecular complexity index is 1180. The van der Waals surface area contributed by atoms with Gasteiger partial charge in [-0.05, 0) is 64.0 Å². The number of hydrogen-bond donors (Lipinski definition) is 10. The molecule has 1 fully saturated rings. The molecule has 0 spiro atoms. The second-order valence-electron chi connectivity index (χ2n) is 12.4. The molecule has 1 heterocycles. The van der Waals surface area contributed by atoms with Crippen LogP contribution in [0.3, 0.4) is 0 Å². The van der Waals surface area contributed by atoms with E-state index in [0.717, 1.165) is 4.90 Å². The maximum Gasteiger partial charge on any atom is 0.326 e. The minimum atomic E-state index is -1.69. The maximum absolute atomic E-state index is 13.5. The van der Waals surface area contributed by atoms with Crippen LogP contribution in [0, 0.1) is 5.92 Å². The molecule has 1 aliphatic heterocycles. The molecule has 0 aliphatic carbocycles. The van der Waals surface area contributed by atoms with Crippen LogP contribution in [-0.2, 0) is 38.4 Å². The lowest BCUT2D eigenvalue weighted by Gasteiger charge is -2.30. The molecule has 0 aromatic heterocycles. The first-order chi connectivity index (χ1) is 23.0. The van der Waals surface area contributed by atoms with Gasteiger partial charge in [-0.3, -0.25) is 33.6 Å². The Morgan fingerprint density at radius 1 is 0.755 bits per heavy atom. The number of hydrogen-bond acceptors (Lipinski definition) is 11. The number of nitrogens with two attached hydrogens (primary N) is 4. The van der Waals surface area contributed by atoms with E-state index in [1.807, 2.05) is 0 Å². The molecule has 0 aromatic carbocycles. The predicted octanol–water partition coefficient (Wildman–Crippen LogP) is -3.41. The third-order valence-corrected chi connectivity index (χ3v) is 7.98. The highest BCUT2D eigenvalue weighted by atomic mass is 16.4. The first kappa shape index (κ1) is 42.7. The summed E-state index contributed by atoms with van der Waals surface area (Å²) in [5.74, 6) is -8.45. The number of aliphatic carboxylic acids is 2. The Morgan fingerprint density at radius 3 is 1.88 bits per heavy atom. The predicted molar refractivity (Wildman–Crippen MR) is 175 cm³/mol. The van der Waals surface area contributed by atoms with Crippen LogP contribution in [-0.4, -0.2) is 118 Å². The zero-order valence-corrected chi connectivity index (χ0v) is 28.2. The number of primary amides is 1. The van der Waals surface area contributed by atoms with Gasteiger partial charge in [0.05, 0.1) is 18.9 Å². The van der Waals surface area contributed by atoms with Gasteiger partial charge in [-0.15, -0.1) is 0 Å². The number of unbranched alkanes of at least 4 members (excludes halogenated alkanes) is 2. The van der Waals surface area contributed by atoms with Gasteiger partial charge in [0.25, 0.3) is 0 Å². The lowest BCUT2D eigenvalue weighted by atomic mass is 10.0. The summed E-state index contributed by atoms with van der Waals surface area (Å²) >= 11 is 0. The highest BCUT2D eigenvalue weighted by molar-refractivity contribution is 5.98. The van der Waals surface area contributed by atoms with Crippen molar-refractivity contribution in [1.82, 2.24) is 26.2 Å². The van der Waals surface area contributed by atoms with Crippen LogP contribution in [0.15, 0.2) is 0 Å². The van der Waals surface area contributed by atoms with Crippen molar-refractivity contribution in [1.29, 1.82) is 0 Å². The Morgan fingerprint density at radius 2 is 1.35 bits per heavy atom. The average molecular weight is 700 g/mol. The van der Waals surface area contributed by atoms with E-state index in [1.165, 1.54) is 0 Å². The molecule has 19 nitrogen and oxygen atoms in total. The van der Waals surface area contributed by atoms with E-state index in [2.05, 4.69) is 21.3 Å². The summed E-state index contributed by atoms with van der Waals surface area (Å²) in [4.78, 5) is 102. The molecular formula is C30H53N9O10. The van der Waals surface area contributed by atoms with Gasteiger partial charge in [-0.1, -0.05) is 20.3 Å². The largest absolute Gasteiger partial charge is 0.481 e. The Hall–Kier alpha value is -4.36. The number of rotatable bonds is 23. The molecule has 0 saturated carbocycles. The number of nitrogens with zero attached hydrogens (tertiary/aromatic N) is 1. The smallest absolute Gasteiger partial charge is 0.326 e. The summed E-state index contributed by atoms with van der Waals surface area (Å²) in [5.41, 5.74) is 22.2. The molecule has 0 bridgehead atoms. The van der Waals surface area contributed by atoms with Crippen LogP contribution < -0.4 is 44.2 Å². The van der Waals surface area contributed by atoms with Crippen molar-refractivity contribution in [3.8, 4) is 0 Å². The lowest BCUT2D eigenvalue weighted by Crippen LogP contribution is -2.60. The number of likely N-dealkylation sites (tertiary alicyclic amines) is 1. The summed E-state index contributed by atoms with van der Waals surface area (Å²) < 4.78 is 0. The van der Waals surface area contributed by atoms with Gasteiger partial charge in [-0.2, -0.15) is 0 Å². The summed E-state index contributed by atoms with van der Waals surface area (Å²) in [7, 11) is 0. The molecule has 1 aliphatic rings. The molecule has 0 radical (unpaired) electrons. The van der Waals surface area contributed by atoms with Gasteiger partial charge in [-0.25, -0.2) is 4.79 Å². The molecule has 1 saturated heterocycles. The number of carbonyl (C=O) groups excluding carboxylic acids is 6. The normalized spacial score (nSPS) is 17.3. The van der Waals surface area contributed by atoms with Crippen molar-refractivity contribution in [2.45, 2.75) is 114 Å². The fraction of sp³-hybridized carbons (Fsp3) is 0.733. The summed E-state index contributed by atoms with van der Waals surface area (Å²) in [6.45, 7) is 3.95. The van der Waals surface area contributed by atoms with Gasteiger partial charge in [0.1, 0.15) is 30.2 Å². The first-order valence-corrected chi connectivity index (χ1v) is 16.4. The molecule has 6 unspecified atom stereocenters. The van der Waals surface area contributed by atoms with Crippen molar-refractivity contribution < 1.29 is 48.6 Å². The molecule has 49 heavy (non-hydrogen) atoms. The average Bonchev–Trinajstić information content (AvgIpc) is 3.51. The first-order valence-electron chi connectivity index (χ1n) is 16.4. The van der Waals surface area contributed by atoms with Gasteiger partial charge < -0.3 is 59.3 Å². The maximum atomic E-state index is 13.5. The molecule has 1 rings (SSSR count). The number of carboxylic acid groups (broad SMARTS) is 2. The second kappa shape index (κ2) is 21.6. The van der Waals surface area contributed by atoms with E-state index in [9.17, 15) is 48.6 Å². The standard InChI is InChI=1S/C30H53N9O10/c1-16(2)24(28(46)35-18(30(48)49)9-4-6-12-32)38-26(44)19(15-23(41)42)36-27(45)21-10-7-13-39(21)29(47)20(14-22(34)40)37-25(43)17(33)8-3-5-11-31/h16-21,24H,3-15,31-33H2,1-2H3,(H2,34,40)(H,35,46)(H,36,45)(H,37,43)(H,38,44)(H,41,42)(H,48,49). The van der Waals surface area contributed by atoms with E-state index < -0.39 is 102 Å². The number of nitrogens with one attached hydrogen (secondary N) is 4. The van der Waals surface area contributed by atoms with Crippen molar-refractivity contribution in [3.63, 3.8) is 0 Å². The van der Waals surface area contributed by atoms with Crippen molar-refractivity contribution in [3.05, 3.63) is 0 Å². The Balaban J connectivity index is 3.11. The molecule has 6 atom stereocenters. The van der Waals surface area contributed by atoms with E-state index in [0.29, 0.717) is 45.2 Å². The SMILES string of the molecule is CC(C)C(NC(=O)C(CC(=O)O)NC(=O)C1CCCN1C(=O)C(CC(N)=O)NC(=O)C(N)CCCCN)C(=O)NC(CCCCN)C(=O)O. The van der Waals surface area contributed by atoms with Crippen LogP contribution >= 0.6 is 0 Å². The molecule has 0 aromatic rings. The number of carbonyl (C=O) groups is 8. The van der Waals surface area contributed by atoms with E-state index in [4.69, 9.17) is 22.9 Å². The fourth-order valence-electron chi connectivity index (χ4n) is 5.28. The van der Waals surface area contributed by atoms with Gasteiger partial charge >= 0.3 is 11.9 Å². The van der Waals surface area contributed by atoms with E-state index >= 15 is 0 Å². The van der Waals surface area contributed by atoms with E-state index in [-0.39, 0.29) is 25.8 Å². The van der Waals surface area contributed by atoms with Crippen LogP contribution in [0.25, 0.3) is 0 Å². The fourth-order valence-corrected chi connectivity index (χ4v) is 5.28. The molecule has 14 N–H and O–H groups in total. The quantitative estimate of drug-likeness (QED) is 0.0465. The summed E-state index contributed by atoms with van der Waals surface area (Å²) in [6.07, 6.45) is 1.50. The highest BCUT2D eigenvalue weighted by Gasteiger charge is 2.40. The summed E-state index contributed by atoms with van der Waals surface area (Å²) in [6, 6.07) is -7.87. The molecule has 19 heteroatoms. The van der Waals surface area contributed by atoms with Gasteiger partial charge in [0.2, 0.25) is 35.4 Å². The minimum Gasteiger partial charge on any atom is -0.481 e. The third-order valence-electron chi connectivity index (χ3n) is 7.98. The third kappa shape index (κ3) is 14.7. The second-order valence-corrected chi connectivity index (χ2v) is 12.4. The molecule has 278 valence electrons. The van der Waals surface area contributed by atoms with Crippen LogP contribution in [0.2, 0.25) is 0 Å². The number of carboxylic acids is 2. The lowest BCUT2D eigenvalue weighted by molar-refractivity contribution is -0.145. The Kier molecular flexibility index (Phi) is 18.8. The highest BCUT2D eigenvalue weighted by Crippen LogP contribution is 2.20. The molecular weight excluding hydrogens is 646 g/mol. The van der Waals surface area contributed by atoms with Gasteiger partial charge in [0, 0.05) is 6.54 Å². The monoisotopic (exact) mass is 699 g/mol. The van der Waals surface area contributed by atoms with Crippen LogP contribution in [0.5, 0.6) is 0 Å². The van der Waals surface area contributed by atoms with Crippen molar-refractivity contribution >= 4 is 47.4 Å². The Labute approximate surface area is 285 Å². The van der Waals surface area contributed by atoms with Crippen molar-refractivity contribution in [2.24, 2.45) is 28.9 Å². The van der Waals surface area contributed by atoms with Crippen molar-refractivity contribution in [2.75, 3.05) is 19.6 Å². The minimum absolute atomic E-state index is 0.0476. The zero-order chi connectivity index (χ0) is 37.3.